The SMILES string of the molecule is C=CCN1C(=O)C2CN(C(=O)C3CSC(=O)N3)CCN2C1=O. The number of hydrogen-bond donors (Lipinski definition) is 1. The summed E-state index contributed by atoms with van der Waals surface area (Å²) >= 11 is 1.08. The summed E-state index contributed by atoms with van der Waals surface area (Å²) in [4.78, 5) is 52.2. The molecule has 3 fully saturated rings. The van der Waals surface area contributed by atoms with Gasteiger partial charge < -0.3 is 15.1 Å². The van der Waals surface area contributed by atoms with Crippen molar-refractivity contribution in [2.24, 2.45) is 0 Å². The third-order valence-electron chi connectivity index (χ3n) is 4.00. The third kappa shape index (κ3) is 2.35. The summed E-state index contributed by atoms with van der Waals surface area (Å²) in [5, 5.41) is 2.40. The number of thioether (sulfide) groups is 1. The molecule has 3 saturated heterocycles. The van der Waals surface area contributed by atoms with E-state index < -0.39 is 12.1 Å². The van der Waals surface area contributed by atoms with Crippen molar-refractivity contribution in [2.45, 2.75) is 12.1 Å². The van der Waals surface area contributed by atoms with Gasteiger partial charge in [0.1, 0.15) is 12.1 Å². The van der Waals surface area contributed by atoms with Crippen LogP contribution in [0.25, 0.3) is 0 Å². The summed E-state index contributed by atoms with van der Waals surface area (Å²) in [5.74, 6) is -0.0921. The Labute approximate surface area is 131 Å². The summed E-state index contributed by atoms with van der Waals surface area (Å²) in [6.45, 7) is 4.58. The molecule has 3 rings (SSSR count). The van der Waals surface area contributed by atoms with Crippen molar-refractivity contribution in [1.29, 1.82) is 0 Å². The van der Waals surface area contributed by atoms with Crippen LogP contribution in [0, 0.1) is 0 Å². The summed E-state index contributed by atoms with van der Waals surface area (Å²) in [6, 6.07) is -1.50. The number of nitrogens with zero attached hydrogens (tertiary/aromatic N) is 3. The molecule has 5 amide bonds. The topological polar surface area (TPSA) is 90.0 Å². The fourth-order valence-corrected chi connectivity index (χ4v) is 3.66. The standard InChI is InChI=1S/C13H16N4O4S/c1-2-3-17-11(19)9-6-15(4-5-16(9)13(17)21)10(18)8-7-22-12(20)14-8/h2,8-9H,1,3-7H2,(H,14,20). The van der Waals surface area contributed by atoms with E-state index in [0.717, 1.165) is 16.7 Å². The minimum Gasteiger partial charge on any atom is -0.336 e. The maximum atomic E-state index is 12.4. The highest BCUT2D eigenvalue weighted by Crippen LogP contribution is 2.23. The van der Waals surface area contributed by atoms with Crippen LogP contribution in [-0.4, -0.2) is 81.8 Å². The van der Waals surface area contributed by atoms with E-state index in [9.17, 15) is 19.2 Å². The second-order valence-electron chi connectivity index (χ2n) is 5.31. The van der Waals surface area contributed by atoms with Crippen molar-refractivity contribution in [3.8, 4) is 0 Å². The highest BCUT2D eigenvalue weighted by atomic mass is 32.2. The van der Waals surface area contributed by atoms with Crippen molar-refractivity contribution in [3.63, 3.8) is 0 Å². The molecule has 0 aromatic heterocycles. The van der Waals surface area contributed by atoms with Gasteiger partial charge in [-0.05, 0) is 0 Å². The van der Waals surface area contributed by atoms with Crippen molar-refractivity contribution in [2.75, 3.05) is 31.9 Å². The van der Waals surface area contributed by atoms with E-state index in [-0.39, 0.29) is 36.2 Å². The van der Waals surface area contributed by atoms with Crippen LogP contribution in [0.15, 0.2) is 12.7 Å². The normalized spacial score (nSPS) is 28.0. The van der Waals surface area contributed by atoms with Crippen molar-refractivity contribution in [3.05, 3.63) is 12.7 Å². The number of piperazine rings is 1. The van der Waals surface area contributed by atoms with E-state index in [1.54, 1.807) is 4.90 Å². The lowest BCUT2D eigenvalue weighted by molar-refractivity contribution is -0.137. The van der Waals surface area contributed by atoms with Gasteiger partial charge in [-0.3, -0.25) is 19.3 Å². The lowest BCUT2D eigenvalue weighted by Crippen LogP contribution is -2.58. The molecule has 118 valence electrons. The summed E-state index contributed by atoms with van der Waals surface area (Å²) < 4.78 is 0. The molecule has 0 aromatic rings. The minimum absolute atomic E-state index is 0.175. The summed E-state index contributed by atoms with van der Waals surface area (Å²) in [6.07, 6.45) is 1.50. The number of urea groups is 1. The van der Waals surface area contributed by atoms with E-state index in [2.05, 4.69) is 11.9 Å². The van der Waals surface area contributed by atoms with Crippen molar-refractivity contribution < 1.29 is 19.2 Å². The number of rotatable bonds is 3. The van der Waals surface area contributed by atoms with Gasteiger partial charge in [-0.1, -0.05) is 17.8 Å². The van der Waals surface area contributed by atoms with Gasteiger partial charge in [0.25, 0.3) is 11.1 Å². The number of carbonyl (C=O) groups is 4. The average Bonchev–Trinajstić information content (AvgIpc) is 3.04. The minimum atomic E-state index is -0.630. The summed E-state index contributed by atoms with van der Waals surface area (Å²) in [7, 11) is 0. The maximum absolute atomic E-state index is 12.4. The third-order valence-corrected chi connectivity index (χ3v) is 4.88. The monoisotopic (exact) mass is 324 g/mol. The van der Waals surface area contributed by atoms with Gasteiger partial charge in [-0.2, -0.15) is 0 Å². The average molecular weight is 324 g/mol. The van der Waals surface area contributed by atoms with Crippen LogP contribution in [-0.2, 0) is 9.59 Å². The molecule has 0 aromatic carbocycles. The Morgan fingerprint density at radius 1 is 1.36 bits per heavy atom. The predicted octanol–water partition coefficient (Wildman–Crippen LogP) is -0.528. The Morgan fingerprint density at radius 2 is 2.14 bits per heavy atom. The zero-order valence-electron chi connectivity index (χ0n) is 11.9. The number of amides is 5. The van der Waals surface area contributed by atoms with Gasteiger partial charge >= 0.3 is 6.03 Å². The van der Waals surface area contributed by atoms with Crippen LogP contribution in [0.2, 0.25) is 0 Å². The van der Waals surface area contributed by atoms with Crippen LogP contribution in [0.4, 0.5) is 9.59 Å². The quantitative estimate of drug-likeness (QED) is 0.557. The van der Waals surface area contributed by atoms with Gasteiger partial charge in [0.2, 0.25) is 5.91 Å². The Balaban J connectivity index is 1.69. The Morgan fingerprint density at radius 3 is 2.77 bits per heavy atom. The number of imide groups is 1. The molecule has 3 aliphatic rings. The number of carbonyl (C=O) groups excluding carboxylic acids is 4. The molecule has 8 nitrogen and oxygen atoms in total. The van der Waals surface area contributed by atoms with Gasteiger partial charge in [-0.15, -0.1) is 6.58 Å². The molecular weight excluding hydrogens is 308 g/mol. The molecule has 3 aliphatic heterocycles. The first-order valence-electron chi connectivity index (χ1n) is 6.98. The van der Waals surface area contributed by atoms with E-state index in [0.29, 0.717) is 18.8 Å². The van der Waals surface area contributed by atoms with E-state index in [1.807, 2.05) is 0 Å². The zero-order chi connectivity index (χ0) is 15.9. The fourth-order valence-electron chi connectivity index (χ4n) is 2.89. The second-order valence-corrected chi connectivity index (χ2v) is 6.30. The first-order valence-corrected chi connectivity index (χ1v) is 7.96. The molecule has 0 spiro atoms. The maximum Gasteiger partial charge on any atom is 0.327 e. The highest BCUT2D eigenvalue weighted by Gasteiger charge is 2.48. The first-order chi connectivity index (χ1) is 10.5. The van der Waals surface area contributed by atoms with E-state index in [4.69, 9.17) is 0 Å². The smallest absolute Gasteiger partial charge is 0.327 e. The van der Waals surface area contributed by atoms with Crippen LogP contribution in [0.1, 0.15) is 0 Å². The lowest BCUT2D eigenvalue weighted by Gasteiger charge is -2.36. The van der Waals surface area contributed by atoms with Crippen molar-refractivity contribution in [1.82, 2.24) is 20.0 Å². The lowest BCUT2D eigenvalue weighted by atomic mass is 10.1. The summed E-state index contributed by atoms with van der Waals surface area (Å²) in [5.41, 5.74) is 0. The second kappa shape index (κ2) is 5.64. The molecule has 9 heteroatoms. The van der Waals surface area contributed by atoms with E-state index in [1.165, 1.54) is 11.0 Å². The molecule has 0 aliphatic carbocycles. The van der Waals surface area contributed by atoms with Gasteiger partial charge in [0.15, 0.2) is 0 Å². The molecule has 0 saturated carbocycles. The van der Waals surface area contributed by atoms with Crippen LogP contribution < -0.4 is 5.32 Å². The molecule has 3 heterocycles. The number of fused-ring (bicyclic) bond motifs is 1. The molecule has 22 heavy (non-hydrogen) atoms. The molecule has 0 bridgehead atoms. The van der Waals surface area contributed by atoms with Gasteiger partial charge in [0.05, 0.1) is 6.54 Å². The Bertz CT molecular complexity index is 566. The molecular formula is C13H16N4O4S. The van der Waals surface area contributed by atoms with Crippen molar-refractivity contribution >= 4 is 34.8 Å². The fraction of sp³-hybridized carbons (Fsp3) is 0.538. The Kier molecular flexibility index (Phi) is 3.81. The zero-order valence-corrected chi connectivity index (χ0v) is 12.7. The largest absolute Gasteiger partial charge is 0.336 e. The molecule has 0 radical (unpaired) electrons. The number of hydrogen-bond acceptors (Lipinski definition) is 5. The van der Waals surface area contributed by atoms with Gasteiger partial charge in [0, 0.05) is 25.4 Å². The van der Waals surface area contributed by atoms with Crippen LogP contribution >= 0.6 is 11.8 Å². The molecule has 2 atom stereocenters. The van der Waals surface area contributed by atoms with Gasteiger partial charge in [-0.25, -0.2) is 4.79 Å². The molecule has 1 N–H and O–H groups in total. The first kappa shape index (κ1) is 14.9. The Hall–Kier alpha value is -2.03. The molecule has 2 unspecified atom stereocenters. The van der Waals surface area contributed by atoms with E-state index >= 15 is 0 Å². The van der Waals surface area contributed by atoms with Crippen LogP contribution in [0.5, 0.6) is 0 Å². The highest BCUT2D eigenvalue weighted by molar-refractivity contribution is 8.14. The number of nitrogens with one attached hydrogen (secondary N) is 1. The predicted molar refractivity (Wildman–Crippen MR) is 79.2 cm³/mol. The van der Waals surface area contributed by atoms with Crippen LogP contribution in [0.3, 0.4) is 0 Å².